The molecule has 0 aliphatic heterocycles. The zero-order chi connectivity index (χ0) is 13.5. The summed E-state index contributed by atoms with van der Waals surface area (Å²) >= 11 is 0. The van der Waals surface area contributed by atoms with Gasteiger partial charge in [0.25, 0.3) is 0 Å². The number of nitrogens with one attached hydrogen (secondary N) is 1. The van der Waals surface area contributed by atoms with E-state index in [-0.39, 0.29) is 0 Å². The van der Waals surface area contributed by atoms with Gasteiger partial charge in [0, 0.05) is 31.2 Å². The van der Waals surface area contributed by atoms with Gasteiger partial charge in [0.05, 0.1) is 13.2 Å². The highest BCUT2D eigenvalue weighted by atomic mass is 16.5. The summed E-state index contributed by atoms with van der Waals surface area (Å²) in [5.74, 6) is 0. The van der Waals surface area contributed by atoms with E-state index >= 15 is 0 Å². The second-order valence-electron chi connectivity index (χ2n) is 4.61. The van der Waals surface area contributed by atoms with Crippen molar-refractivity contribution in [2.24, 2.45) is 0 Å². The van der Waals surface area contributed by atoms with Crippen LogP contribution in [-0.4, -0.2) is 29.5 Å². The van der Waals surface area contributed by atoms with E-state index in [2.05, 4.69) is 41.6 Å². The predicted octanol–water partition coefficient (Wildman–Crippen LogP) is 2.77. The van der Waals surface area contributed by atoms with E-state index < -0.39 is 0 Å². The Labute approximate surface area is 114 Å². The topological polar surface area (TPSA) is 39.1 Å². The molecule has 0 amide bonds. The van der Waals surface area contributed by atoms with Crippen molar-refractivity contribution in [3.05, 3.63) is 48.3 Å². The van der Waals surface area contributed by atoms with Crippen LogP contribution < -0.4 is 5.32 Å². The smallest absolute Gasteiger partial charge is 0.0663 e. The van der Waals surface area contributed by atoms with Crippen LogP contribution in [0, 0.1) is 0 Å². The maximum absolute atomic E-state index is 5.21. The number of nitrogens with zero attached hydrogens (tertiary/aromatic N) is 2. The van der Waals surface area contributed by atoms with Gasteiger partial charge in [0.2, 0.25) is 0 Å². The summed E-state index contributed by atoms with van der Waals surface area (Å²) in [5, 5.41) is 7.72. The molecule has 4 nitrogen and oxygen atoms in total. The van der Waals surface area contributed by atoms with Crippen molar-refractivity contribution < 1.29 is 4.74 Å². The fourth-order valence-corrected chi connectivity index (χ4v) is 2.04. The summed E-state index contributed by atoms with van der Waals surface area (Å²) < 4.78 is 7.13. The lowest BCUT2D eigenvalue weighted by molar-refractivity contribution is 0.184. The molecule has 102 valence electrons. The molecule has 1 N–H and O–H groups in total. The molecule has 1 heterocycles. The molecular weight excluding hydrogens is 238 g/mol. The molecule has 2 rings (SSSR count). The average Bonchev–Trinajstić information content (AvgIpc) is 2.91. The van der Waals surface area contributed by atoms with Gasteiger partial charge in [-0.3, -0.25) is 4.68 Å². The number of hydrogen-bond donors (Lipinski definition) is 1. The summed E-state index contributed by atoms with van der Waals surface area (Å²) in [6.45, 7) is 3.67. The molecule has 0 bridgehead atoms. The van der Waals surface area contributed by atoms with Crippen LogP contribution in [0.25, 0.3) is 0 Å². The van der Waals surface area contributed by atoms with Gasteiger partial charge in [-0.25, -0.2) is 0 Å². The van der Waals surface area contributed by atoms with Crippen molar-refractivity contribution in [1.29, 1.82) is 0 Å². The quantitative estimate of drug-likeness (QED) is 0.831. The molecule has 0 aliphatic rings. The minimum Gasteiger partial charge on any atom is -0.383 e. The molecular formula is C15H21N3O. The fraction of sp³-hybridized carbons (Fsp3) is 0.400. The summed E-state index contributed by atoms with van der Waals surface area (Å²) in [6, 6.07) is 10.7. The fourth-order valence-electron chi connectivity index (χ4n) is 2.04. The minimum absolute atomic E-state index is 0.352. The number of methoxy groups -OCH3 is 1. The zero-order valence-corrected chi connectivity index (χ0v) is 11.5. The maximum Gasteiger partial charge on any atom is 0.0663 e. The Morgan fingerprint density at radius 3 is 2.95 bits per heavy atom. The molecule has 2 aromatic rings. The van der Waals surface area contributed by atoms with Gasteiger partial charge in [-0.1, -0.05) is 19.1 Å². The van der Waals surface area contributed by atoms with Crippen molar-refractivity contribution in [2.75, 3.05) is 19.0 Å². The number of anilines is 1. The number of benzene rings is 1. The first-order chi connectivity index (χ1) is 9.31. The first-order valence-corrected chi connectivity index (χ1v) is 6.63. The van der Waals surface area contributed by atoms with Crippen LogP contribution in [0.2, 0.25) is 0 Å². The van der Waals surface area contributed by atoms with E-state index in [9.17, 15) is 0 Å². The third-order valence-electron chi connectivity index (χ3n) is 3.06. The standard InChI is InChI=1S/C15H21N3O/c1-3-14(12-19-2)17-15-7-4-6-13(10-15)11-18-9-5-8-16-18/h4-10,14,17H,3,11-12H2,1-2H3. The summed E-state index contributed by atoms with van der Waals surface area (Å²) in [6.07, 6.45) is 4.81. The molecule has 4 heteroatoms. The van der Waals surface area contributed by atoms with Crippen LogP contribution in [0.1, 0.15) is 18.9 Å². The van der Waals surface area contributed by atoms with Crippen molar-refractivity contribution in [2.45, 2.75) is 25.9 Å². The second kappa shape index (κ2) is 6.95. The molecule has 1 atom stereocenters. The molecule has 0 saturated carbocycles. The Kier molecular flexibility index (Phi) is 4.98. The summed E-state index contributed by atoms with van der Waals surface area (Å²) in [4.78, 5) is 0. The first kappa shape index (κ1) is 13.6. The lowest BCUT2D eigenvalue weighted by atomic mass is 10.1. The largest absolute Gasteiger partial charge is 0.383 e. The Hall–Kier alpha value is -1.81. The number of ether oxygens (including phenoxy) is 1. The van der Waals surface area contributed by atoms with Crippen LogP contribution in [0.15, 0.2) is 42.7 Å². The highest BCUT2D eigenvalue weighted by Crippen LogP contribution is 2.14. The van der Waals surface area contributed by atoms with E-state index in [4.69, 9.17) is 4.74 Å². The van der Waals surface area contributed by atoms with Gasteiger partial charge in [-0.2, -0.15) is 5.10 Å². The summed E-state index contributed by atoms with van der Waals surface area (Å²) in [7, 11) is 1.73. The molecule has 19 heavy (non-hydrogen) atoms. The van der Waals surface area contributed by atoms with Gasteiger partial charge in [0.15, 0.2) is 0 Å². The Bertz CT molecular complexity index is 482. The molecule has 0 aliphatic carbocycles. The summed E-state index contributed by atoms with van der Waals surface area (Å²) in [5.41, 5.74) is 2.37. The van der Waals surface area contributed by atoms with E-state index in [1.165, 1.54) is 5.56 Å². The van der Waals surface area contributed by atoms with Crippen LogP contribution in [-0.2, 0) is 11.3 Å². The lowest BCUT2D eigenvalue weighted by Gasteiger charge is -2.17. The normalized spacial score (nSPS) is 12.3. The van der Waals surface area contributed by atoms with Crippen molar-refractivity contribution in [3.63, 3.8) is 0 Å². The van der Waals surface area contributed by atoms with Gasteiger partial charge in [0.1, 0.15) is 0 Å². The van der Waals surface area contributed by atoms with E-state index in [1.54, 1.807) is 13.3 Å². The Morgan fingerprint density at radius 2 is 2.26 bits per heavy atom. The first-order valence-electron chi connectivity index (χ1n) is 6.63. The zero-order valence-electron chi connectivity index (χ0n) is 11.5. The van der Waals surface area contributed by atoms with Crippen LogP contribution in [0.5, 0.6) is 0 Å². The van der Waals surface area contributed by atoms with Crippen LogP contribution >= 0.6 is 0 Å². The lowest BCUT2D eigenvalue weighted by Crippen LogP contribution is -2.23. The Balaban J connectivity index is 2.02. The third-order valence-corrected chi connectivity index (χ3v) is 3.06. The van der Waals surface area contributed by atoms with E-state index in [0.29, 0.717) is 6.04 Å². The van der Waals surface area contributed by atoms with Gasteiger partial charge < -0.3 is 10.1 Å². The highest BCUT2D eigenvalue weighted by molar-refractivity contribution is 5.46. The monoisotopic (exact) mass is 259 g/mol. The van der Waals surface area contributed by atoms with Crippen molar-refractivity contribution in [1.82, 2.24) is 9.78 Å². The SMILES string of the molecule is CCC(COC)Nc1cccc(Cn2cccn2)c1. The molecule has 1 unspecified atom stereocenters. The predicted molar refractivity (Wildman–Crippen MR) is 77.3 cm³/mol. The molecule has 1 aromatic carbocycles. The molecule has 0 spiro atoms. The van der Waals surface area contributed by atoms with Gasteiger partial charge in [-0.15, -0.1) is 0 Å². The van der Waals surface area contributed by atoms with Crippen molar-refractivity contribution in [3.8, 4) is 0 Å². The van der Waals surface area contributed by atoms with Gasteiger partial charge in [-0.05, 0) is 30.2 Å². The molecule has 0 fully saturated rings. The third kappa shape index (κ3) is 4.10. The molecule has 0 radical (unpaired) electrons. The highest BCUT2D eigenvalue weighted by Gasteiger charge is 2.05. The number of aromatic nitrogens is 2. The van der Waals surface area contributed by atoms with Crippen LogP contribution in [0.4, 0.5) is 5.69 Å². The van der Waals surface area contributed by atoms with E-state index in [1.807, 2.05) is 16.9 Å². The van der Waals surface area contributed by atoms with Gasteiger partial charge >= 0.3 is 0 Å². The molecule has 0 saturated heterocycles. The minimum atomic E-state index is 0.352. The van der Waals surface area contributed by atoms with Crippen LogP contribution in [0.3, 0.4) is 0 Å². The number of hydrogen-bond acceptors (Lipinski definition) is 3. The van der Waals surface area contributed by atoms with Crippen molar-refractivity contribution >= 4 is 5.69 Å². The second-order valence-corrected chi connectivity index (χ2v) is 4.61. The molecule has 1 aromatic heterocycles. The van der Waals surface area contributed by atoms with E-state index in [0.717, 1.165) is 25.3 Å². The Morgan fingerprint density at radius 1 is 1.37 bits per heavy atom. The average molecular weight is 259 g/mol. The number of rotatable bonds is 7. The maximum atomic E-state index is 5.21.